The Bertz CT molecular complexity index is 338. The summed E-state index contributed by atoms with van der Waals surface area (Å²) in [5, 5.41) is 2.68. The number of rotatable bonds is 7. The van der Waals surface area contributed by atoms with Gasteiger partial charge in [0, 0.05) is 19.2 Å². The summed E-state index contributed by atoms with van der Waals surface area (Å²) in [6.45, 7) is 9.00. The van der Waals surface area contributed by atoms with Gasteiger partial charge in [-0.2, -0.15) is 0 Å². The second kappa shape index (κ2) is 6.87. The van der Waals surface area contributed by atoms with E-state index in [0.717, 1.165) is 12.8 Å². The topological polar surface area (TPSA) is 55.4 Å². The zero-order valence-electron chi connectivity index (χ0n) is 12.0. The first-order valence-electron chi connectivity index (χ1n) is 7.01. The molecule has 0 spiro atoms. The molecule has 4 nitrogen and oxygen atoms in total. The lowest BCUT2D eigenvalue weighted by Crippen LogP contribution is -2.42. The van der Waals surface area contributed by atoms with Gasteiger partial charge >= 0.3 is 0 Å². The number of ether oxygens (including phenoxy) is 1. The molecule has 0 aromatic rings. The Hall–Kier alpha value is -0.130. The zero-order valence-corrected chi connectivity index (χ0v) is 12.8. The van der Waals surface area contributed by atoms with E-state index < -0.39 is 9.84 Å². The molecule has 18 heavy (non-hydrogen) atoms. The van der Waals surface area contributed by atoms with Gasteiger partial charge in [-0.15, -0.1) is 0 Å². The van der Waals surface area contributed by atoms with Crippen LogP contribution in [0.1, 0.15) is 47.0 Å². The molecule has 3 atom stereocenters. The molecule has 1 heterocycles. The fourth-order valence-corrected chi connectivity index (χ4v) is 4.43. The molecule has 0 radical (unpaired) electrons. The third-order valence-corrected chi connectivity index (χ3v) is 6.72. The summed E-state index contributed by atoms with van der Waals surface area (Å²) in [7, 11) is -3.09. The molecule has 1 saturated heterocycles. The van der Waals surface area contributed by atoms with Crippen molar-refractivity contribution in [1.29, 1.82) is 0 Å². The van der Waals surface area contributed by atoms with Gasteiger partial charge in [0.1, 0.15) is 0 Å². The van der Waals surface area contributed by atoms with Crippen molar-refractivity contribution in [2.45, 2.75) is 69.6 Å². The Balaban J connectivity index is 2.56. The summed E-state index contributed by atoms with van der Waals surface area (Å²) in [4.78, 5) is 0. The molecule has 0 aliphatic carbocycles. The molecule has 0 bridgehead atoms. The fraction of sp³-hybridized carbons (Fsp3) is 1.00. The average Bonchev–Trinajstić information content (AvgIpc) is 2.77. The fourth-order valence-electron chi connectivity index (χ4n) is 2.47. The van der Waals surface area contributed by atoms with E-state index in [9.17, 15) is 8.42 Å². The highest BCUT2D eigenvalue weighted by molar-refractivity contribution is 7.92. The molecule has 1 rings (SSSR count). The molecule has 3 unspecified atom stereocenters. The van der Waals surface area contributed by atoms with Gasteiger partial charge in [0.25, 0.3) is 0 Å². The molecule has 5 heteroatoms. The maximum Gasteiger partial charge on any atom is 0.159 e. The minimum absolute atomic E-state index is 0.161. The molecule has 1 aliphatic heterocycles. The summed E-state index contributed by atoms with van der Waals surface area (Å²) in [6, 6.07) is 0.417. The van der Waals surface area contributed by atoms with Crippen LogP contribution in [0.25, 0.3) is 0 Å². The van der Waals surface area contributed by atoms with Crippen LogP contribution in [0.2, 0.25) is 0 Å². The Morgan fingerprint density at radius 2 is 1.94 bits per heavy atom. The Morgan fingerprint density at radius 1 is 1.33 bits per heavy atom. The van der Waals surface area contributed by atoms with Gasteiger partial charge in [-0.25, -0.2) is 8.42 Å². The predicted molar refractivity (Wildman–Crippen MR) is 74.6 cm³/mol. The molecular formula is C13H27NO3S. The number of hydrogen-bond acceptors (Lipinski definition) is 4. The van der Waals surface area contributed by atoms with Crippen LogP contribution in [-0.4, -0.2) is 44.2 Å². The average molecular weight is 277 g/mol. The van der Waals surface area contributed by atoms with Gasteiger partial charge in [-0.3, -0.25) is 0 Å². The van der Waals surface area contributed by atoms with E-state index in [1.807, 2.05) is 6.92 Å². The zero-order chi connectivity index (χ0) is 13.8. The standard InChI is InChI=1S/C13H27NO3S/c1-5-12(6-2)14-9-10(3)18(15,16)13-7-8-17-11(13)4/h10-14H,5-9H2,1-4H3. The second-order valence-electron chi connectivity index (χ2n) is 5.22. The molecule has 1 aliphatic rings. The van der Waals surface area contributed by atoms with Gasteiger partial charge in [0.2, 0.25) is 0 Å². The number of sulfone groups is 1. The summed E-state index contributed by atoms with van der Waals surface area (Å²) in [6.07, 6.45) is 2.54. The molecular weight excluding hydrogens is 250 g/mol. The van der Waals surface area contributed by atoms with Crippen molar-refractivity contribution < 1.29 is 13.2 Å². The van der Waals surface area contributed by atoms with Crippen molar-refractivity contribution in [2.24, 2.45) is 0 Å². The lowest BCUT2D eigenvalue weighted by atomic mass is 10.2. The van der Waals surface area contributed by atoms with Crippen molar-refractivity contribution in [3.8, 4) is 0 Å². The van der Waals surface area contributed by atoms with E-state index >= 15 is 0 Å². The summed E-state index contributed by atoms with van der Waals surface area (Å²) < 4.78 is 30.2. The van der Waals surface area contributed by atoms with Crippen LogP contribution >= 0.6 is 0 Å². The van der Waals surface area contributed by atoms with Crippen molar-refractivity contribution in [3.05, 3.63) is 0 Å². The van der Waals surface area contributed by atoms with E-state index in [-0.39, 0.29) is 16.6 Å². The first-order valence-corrected chi connectivity index (χ1v) is 8.62. The second-order valence-corrected chi connectivity index (χ2v) is 7.81. The molecule has 0 amide bonds. The highest BCUT2D eigenvalue weighted by Crippen LogP contribution is 2.24. The van der Waals surface area contributed by atoms with Crippen molar-refractivity contribution in [1.82, 2.24) is 5.32 Å². The van der Waals surface area contributed by atoms with E-state index in [1.165, 1.54) is 0 Å². The van der Waals surface area contributed by atoms with E-state index in [0.29, 0.717) is 25.6 Å². The summed E-state index contributed by atoms with van der Waals surface area (Å²) >= 11 is 0. The van der Waals surface area contributed by atoms with Gasteiger partial charge in [-0.1, -0.05) is 13.8 Å². The largest absolute Gasteiger partial charge is 0.377 e. The third-order valence-electron chi connectivity index (χ3n) is 3.97. The van der Waals surface area contributed by atoms with Crippen LogP contribution in [-0.2, 0) is 14.6 Å². The van der Waals surface area contributed by atoms with Crippen LogP contribution in [0.15, 0.2) is 0 Å². The lowest BCUT2D eigenvalue weighted by Gasteiger charge is -2.23. The summed E-state index contributed by atoms with van der Waals surface area (Å²) in [5.41, 5.74) is 0. The first kappa shape index (κ1) is 15.9. The van der Waals surface area contributed by atoms with Gasteiger partial charge in [0.15, 0.2) is 9.84 Å². The van der Waals surface area contributed by atoms with Crippen LogP contribution in [0, 0.1) is 0 Å². The van der Waals surface area contributed by atoms with Crippen molar-refractivity contribution in [2.75, 3.05) is 13.2 Å². The molecule has 108 valence electrons. The van der Waals surface area contributed by atoms with Gasteiger partial charge in [0.05, 0.1) is 16.6 Å². The molecule has 0 aromatic carbocycles. The van der Waals surface area contributed by atoms with Crippen LogP contribution in [0.5, 0.6) is 0 Å². The minimum Gasteiger partial charge on any atom is -0.377 e. The number of nitrogens with one attached hydrogen (secondary N) is 1. The molecule has 0 saturated carbocycles. The Kier molecular flexibility index (Phi) is 6.08. The number of hydrogen-bond donors (Lipinski definition) is 1. The predicted octanol–water partition coefficient (Wildman–Crippen LogP) is 1.75. The van der Waals surface area contributed by atoms with E-state index in [1.54, 1.807) is 6.92 Å². The van der Waals surface area contributed by atoms with Gasteiger partial charge in [-0.05, 0) is 33.1 Å². The van der Waals surface area contributed by atoms with Crippen LogP contribution < -0.4 is 5.32 Å². The smallest absolute Gasteiger partial charge is 0.159 e. The summed E-state index contributed by atoms with van der Waals surface area (Å²) in [5.74, 6) is 0. The lowest BCUT2D eigenvalue weighted by molar-refractivity contribution is 0.126. The molecule has 1 N–H and O–H groups in total. The van der Waals surface area contributed by atoms with Crippen LogP contribution in [0.4, 0.5) is 0 Å². The molecule has 0 aromatic heterocycles. The third kappa shape index (κ3) is 3.68. The van der Waals surface area contributed by atoms with Gasteiger partial charge < -0.3 is 10.1 Å². The van der Waals surface area contributed by atoms with Crippen LogP contribution in [0.3, 0.4) is 0 Å². The minimum atomic E-state index is -3.09. The Morgan fingerprint density at radius 3 is 2.39 bits per heavy atom. The highest BCUT2D eigenvalue weighted by Gasteiger charge is 2.38. The highest BCUT2D eigenvalue weighted by atomic mass is 32.2. The van der Waals surface area contributed by atoms with E-state index in [4.69, 9.17) is 4.74 Å². The SMILES string of the molecule is CCC(CC)NCC(C)S(=O)(=O)C1CCOC1C. The Labute approximate surface area is 111 Å². The normalized spacial score (nSPS) is 26.7. The van der Waals surface area contributed by atoms with E-state index in [2.05, 4.69) is 19.2 Å². The maximum absolute atomic E-state index is 12.4. The van der Waals surface area contributed by atoms with Crippen molar-refractivity contribution >= 4 is 9.84 Å². The maximum atomic E-state index is 12.4. The quantitative estimate of drug-likeness (QED) is 0.770. The first-order chi connectivity index (χ1) is 8.43. The van der Waals surface area contributed by atoms with Crippen molar-refractivity contribution in [3.63, 3.8) is 0 Å². The molecule has 1 fully saturated rings. The monoisotopic (exact) mass is 277 g/mol.